The first-order chi connectivity index (χ1) is 13.9. The van der Waals surface area contributed by atoms with Crippen molar-refractivity contribution in [1.29, 1.82) is 0 Å². The van der Waals surface area contributed by atoms with Crippen LogP contribution in [-0.4, -0.2) is 84.8 Å². The van der Waals surface area contributed by atoms with Crippen LogP contribution in [0.4, 0.5) is 11.4 Å². The number of carbonyl (C=O) groups excluding carboxylic acids is 1. The minimum Gasteiger partial charge on any atom is -0.383 e. The van der Waals surface area contributed by atoms with E-state index in [-0.39, 0.29) is 17.3 Å². The van der Waals surface area contributed by atoms with Crippen LogP contribution in [0.25, 0.3) is 0 Å². The fraction of sp³-hybridized carbons (Fsp3) is 0.632. The van der Waals surface area contributed by atoms with Crippen LogP contribution in [0.2, 0.25) is 0 Å². The van der Waals surface area contributed by atoms with Crippen molar-refractivity contribution in [2.45, 2.75) is 18.7 Å². The van der Waals surface area contributed by atoms with Crippen LogP contribution >= 0.6 is 0 Å². The Labute approximate surface area is 173 Å². The molecule has 10 heteroatoms. The Balaban J connectivity index is 2.27. The van der Waals surface area contributed by atoms with E-state index in [9.17, 15) is 13.2 Å². The lowest BCUT2D eigenvalue weighted by Crippen LogP contribution is -2.40. The molecule has 1 aromatic carbocycles. The number of hydrogen-bond donors (Lipinski definition) is 2. The molecule has 0 radical (unpaired) electrons. The minimum atomic E-state index is -3.65. The summed E-state index contributed by atoms with van der Waals surface area (Å²) in [5.41, 5.74) is 1.28. The van der Waals surface area contributed by atoms with Gasteiger partial charge in [-0.3, -0.25) is 4.79 Å². The highest BCUT2D eigenvalue weighted by molar-refractivity contribution is 7.89. The predicted molar refractivity (Wildman–Crippen MR) is 113 cm³/mol. The molecule has 2 N–H and O–H groups in total. The van der Waals surface area contributed by atoms with Crippen LogP contribution in [0.15, 0.2) is 23.1 Å². The van der Waals surface area contributed by atoms with Crippen LogP contribution in [-0.2, 0) is 24.3 Å². The number of sulfonamides is 1. The summed E-state index contributed by atoms with van der Waals surface area (Å²) in [7, 11) is -2.05. The lowest BCUT2D eigenvalue weighted by Gasteiger charge is -2.28. The number of amides is 1. The highest BCUT2D eigenvalue weighted by Crippen LogP contribution is 2.30. The molecule has 0 bridgehead atoms. The number of rotatable bonds is 11. The largest absolute Gasteiger partial charge is 0.383 e. The summed E-state index contributed by atoms with van der Waals surface area (Å²) in [6.45, 7) is 8.09. The molecule has 2 rings (SSSR count). The number of anilines is 2. The third kappa shape index (κ3) is 6.38. The summed E-state index contributed by atoms with van der Waals surface area (Å²) < 4.78 is 37.6. The molecule has 0 aromatic heterocycles. The summed E-state index contributed by atoms with van der Waals surface area (Å²) in [6, 6.07) is 4.91. The van der Waals surface area contributed by atoms with E-state index in [4.69, 9.17) is 9.47 Å². The fourth-order valence-corrected chi connectivity index (χ4v) is 4.56. The second-order valence-corrected chi connectivity index (χ2v) is 8.52. The Morgan fingerprint density at radius 3 is 2.55 bits per heavy atom. The zero-order valence-corrected chi connectivity index (χ0v) is 18.3. The smallest absolute Gasteiger partial charge is 0.243 e. The second-order valence-electron chi connectivity index (χ2n) is 6.59. The molecule has 1 heterocycles. The number of nitrogens with zero attached hydrogens (tertiary/aromatic N) is 2. The normalized spacial score (nSPS) is 15.3. The molecule has 0 atom stereocenters. The lowest BCUT2D eigenvalue weighted by atomic mass is 10.2. The van der Waals surface area contributed by atoms with E-state index >= 15 is 0 Å². The van der Waals surface area contributed by atoms with Crippen molar-refractivity contribution >= 4 is 27.3 Å². The van der Waals surface area contributed by atoms with Gasteiger partial charge in [0.1, 0.15) is 0 Å². The van der Waals surface area contributed by atoms with E-state index in [1.807, 2.05) is 13.8 Å². The average Bonchev–Trinajstić information content (AvgIpc) is 2.73. The number of methoxy groups -OCH3 is 1. The van der Waals surface area contributed by atoms with Crippen LogP contribution in [0.5, 0.6) is 0 Å². The average molecular weight is 429 g/mol. The maximum Gasteiger partial charge on any atom is 0.243 e. The number of ether oxygens (including phenoxy) is 2. The SMILES string of the molecule is CCN(CC)c1ccc(S(=O)(=O)N2CCOCC2)cc1NC(=O)CNCCOC. The summed E-state index contributed by atoms with van der Waals surface area (Å²) in [5, 5.41) is 5.85. The third-order valence-electron chi connectivity index (χ3n) is 4.72. The van der Waals surface area contributed by atoms with Crippen LogP contribution in [0.3, 0.4) is 0 Å². The van der Waals surface area contributed by atoms with Gasteiger partial charge in [0, 0.05) is 39.8 Å². The van der Waals surface area contributed by atoms with Crippen molar-refractivity contribution in [2.24, 2.45) is 0 Å². The molecule has 1 amide bonds. The molecule has 1 aliphatic heterocycles. The molecule has 9 nitrogen and oxygen atoms in total. The molecule has 0 unspecified atom stereocenters. The third-order valence-corrected chi connectivity index (χ3v) is 6.62. The van der Waals surface area contributed by atoms with Gasteiger partial charge in [0.25, 0.3) is 0 Å². The first kappa shape index (κ1) is 23.6. The number of nitrogens with one attached hydrogen (secondary N) is 2. The first-order valence-electron chi connectivity index (χ1n) is 9.90. The Morgan fingerprint density at radius 2 is 1.93 bits per heavy atom. The molecule has 164 valence electrons. The molecule has 0 saturated carbocycles. The maximum atomic E-state index is 13.0. The van der Waals surface area contributed by atoms with E-state index in [0.29, 0.717) is 45.1 Å². The van der Waals surface area contributed by atoms with E-state index in [2.05, 4.69) is 15.5 Å². The van der Waals surface area contributed by atoms with Gasteiger partial charge in [-0.25, -0.2) is 8.42 Å². The summed E-state index contributed by atoms with van der Waals surface area (Å²) in [5.74, 6) is -0.240. The predicted octanol–water partition coefficient (Wildman–Crippen LogP) is 0.728. The van der Waals surface area contributed by atoms with Crippen LogP contribution in [0, 0.1) is 0 Å². The second kappa shape index (κ2) is 11.5. The maximum absolute atomic E-state index is 13.0. The summed E-state index contributed by atoms with van der Waals surface area (Å²) in [6.07, 6.45) is 0. The molecular formula is C19H32N4O5S. The standard InChI is InChI=1S/C19H32N4O5S/c1-4-22(5-2)18-7-6-16(29(25,26)23-9-12-28-13-10-23)14-17(18)21-19(24)15-20-8-11-27-3/h6-7,14,20H,4-5,8-13,15H2,1-3H3,(H,21,24). The van der Waals surface area contributed by atoms with Gasteiger partial charge in [0.15, 0.2) is 0 Å². The van der Waals surface area contributed by atoms with E-state index in [1.165, 1.54) is 4.31 Å². The minimum absolute atomic E-state index is 0.113. The Kier molecular flexibility index (Phi) is 9.31. The summed E-state index contributed by atoms with van der Waals surface area (Å²) >= 11 is 0. The molecule has 1 aliphatic rings. The molecule has 0 aliphatic carbocycles. The highest BCUT2D eigenvalue weighted by Gasteiger charge is 2.27. The van der Waals surface area contributed by atoms with Gasteiger partial charge in [-0.15, -0.1) is 0 Å². The van der Waals surface area contributed by atoms with Gasteiger partial charge in [-0.1, -0.05) is 0 Å². The zero-order chi connectivity index (χ0) is 21.3. The van der Waals surface area contributed by atoms with Crippen molar-refractivity contribution in [3.8, 4) is 0 Å². The van der Waals surface area contributed by atoms with Gasteiger partial charge in [0.2, 0.25) is 15.9 Å². The number of carbonyl (C=O) groups is 1. The van der Waals surface area contributed by atoms with Gasteiger partial charge in [-0.05, 0) is 32.0 Å². The lowest BCUT2D eigenvalue weighted by molar-refractivity contribution is -0.115. The molecule has 1 fully saturated rings. The van der Waals surface area contributed by atoms with Crippen molar-refractivity contribution < 1.29 is 22.7 Å². The Bertz CT molecular complexity index is 762. The topological polar surface area (TPSA) is 100 Å². The number of hydrogen-bond acceptors (Lipinski definition) is 7. The molecule has 0 spiro atoms. The van der Waals surface area contributed by atoms with E-state index in [1.54, 1.807) is 25.3 Å². The Morgan fingerprint density at radius 1 is 1.24 bits per heavy atom. The molecule has 1 aromatic rings. The fourth-order valence-electron chi connectivity index (χ4n) is 3.12. The molecular weight excluding hydrogens is 396 g/mol. The molecule has 29 heavy (non-hydrogen) atoms. The van der Waals surface area contributed by atoms with Crippen molar-refractivity contribution in [3.05, 3.63) is 18.2 Å². The van der Waals surface area contributed by atoms with Gasteiger partial charge in [0.05, 0.1) is 42.6 Å². The van der Waals surface area contributed by atoms with Crippen LogP contribution in [0.1, 0.15) is 13.8 Å². The zero-order valence-electron chi connectivity index (χ0n) is 17.4. The van der Waals surface area contributed by atoms with Crippen molar-refractivity contribution in [2.75, 3.05) is 76.4 Å². The van der Waals surface area contributed by atoms with E-state index < -0.39 is 10.0 Å². The van der Waals surface area contributed by atoms with Crippen LogP contribution < -0.4 is 15.5 Å². The number of morpholine rings is 1. The van der Waals surface area contributed by atoms with Gasteiger partial charge in [-0.2, -0.15) is 4.31 Å². The monoisotopic (exact) mass is 428 g/mol. The van der Waals surface area contributed by atoms with Gasteiger partial charge >= 0.3 is 0 Å². The first-order valence-corrected chi connectivity index (χ1v) is 11.3. The highest BCUT2D eigenvalue weighted by atomic mass is 32.2. The summed E-state index contributed by atoms with van der Waals surface area (Å²) in [4.78, 5) is 14.6. The Hall–Kier alpha value is -1.72. The van der Waals surface area contributed by atoms with Crippen molar-refractivity contribution in [3.63, 3.8) is 0 Å². The van der Waals surface area contributed by atoms with E-state index in [0.717, 1.165) is 18.8 Å². The van der Waals surface area contributed by atoms with Crippen molar-refractivity contribution in [1.82, 2.24) is 9.62 Å². The molecule has 1 saturated heterocycles. The van der Waals surface area contributed by atoms with Gasteiger partial charge < -0.3 is 25.0 Å². The quantitative estimate of drug-likeness (QED) is 0.501. The number of benzene rings is 1.